The molecule has 1 atom stereocenters. The van der Waals surface area contributed by atoms with Gasteiger partial charge in [0.15, 0.2) is 11.8 Å². The molecule has 4 rings (SSSR count). The third-order valence-corrected chi connectivity index (χ3v) is 5.71. The van der Waals surface area contributed by atoms with E-state index in [-0.39, 0.29) is 0 Å². The van der Waals surface area contributed by atoms with Gasteiger partial charge in [0.2, 0.25) is 0 Å². The molecule has 5 nitrogen and oxygen atoms in total. The van der Waals surface area contributed by atoms with Crippen LogP contribution in [-0.4, -0.2) is 27.7 Å². The Morgan fingerprint density at radius 2 is 1.26 bits per heavy atom. The molecule has 0 spiro atoms. The van der Waals surface area contributed by atoms with Gasteiger partial charge < -0.3 is 4.90 Å². The lowest BCUT2D eigenvalue weighted by Gasteiger charge is -2.28. The van der Waals surface area contributed by atoms with E-state index < -0.39 is 23.3 Å². The molecule has 1 amide bonds. The average molecular weight is 451 g/mol. The lowest BCUT2D eigenvalue weighted by molar-refractivity contribution is -0.134. The van der Waals surface area contributed by atoms with Crippen molar-refractivity contribution in [2.45, 2.75) is 19.0 Å². The Balaban J connectivity index is 1.71. The Morgan fingerprint density at radius 3 is 1.88 bits per heavy atom. The van der Waals surface area contributed by atoms with Crippen molar-refractivity contribution in [2.75, 3.05) is 6.54 Å². The fourth-order valence-corrected chi connectivity index (χ4v) is 3.92. The molecule has 0 bridgehead atoms. The second kappa shape index (κ2) is 11.1. The van der Waals surface area contributed by atoms with E-state index in [0.717, 1.165) is 11.1 Å². The molecule has 0 N–H and O–H groups in total. The SMILES string of the molecule is O=C(c1ccccc1)C(C(=O)N(CCc1ccccc1)Cc1ccccc1)n1ccccc1=O. The van der Waals surface area contributed by atoms with Crippen LogP contribution in [0.1, 0.15) is 27.5 Å². The van der Waals surface area contributed by atoms with E-state index in [9.17, 15) is 14.4 Å². The Morgan fingerprint density at radius 1 is 0.706 bits per heavy atom. The summed E-state index contributed by atoms with van der Waals surface area (Å²) in [5.41, 5.74) is 2.04. The van der Waals surface area contributed by atoms with Crippen LogP contribution in [0, 0.1) is 0 Å². The first-order chi connectivity index (χ1) is 16.6. The fourth-order valence-electron chi connectivity index (χ4n) is 3.92. The van der Waals surface area contributed by atoms with Crippen LogP contribution in [-0.2, 0) is 17.8 Å². The molecule has 1 unspecified atom stereocenters. The zero-order chi connectivity index (χ0) is 23.8. The molecule has 0 aliphatic carbocycles. The van der Waals surface area contributed by atoms with Gasteiger partial charge in [-0.2, -0.15) is 0 Å². The minimum absolute atomic E-state index is 0.340. The number of carbonyl (C=O) groups excluding carboxylic acids is 2. The highest BCUT2D eigenvalue weighted by Gasteiger charge is 2.33. The third-order valence-electron chi connectivity index (χ3n) is 5.71. The van der Waals surface area contributed by atoms with Gasteiger partial charge in [-0.05, 0) is 23.6 Å². The third kappa shape index (κ3) is 5.56. The molecular weight excluding hydrogens is 424 g/mol. The Bertz CT molecular complexity index is 1290. The summed E-state index contributed by atoms with van der Waals surface area (Å²) in [7, 11) is 0. The summed E-state index contributed by atoms with van der Waals surface area (Å²) < 4.78 is 1.23. The molecule has 3 aromatic carbocycles. The highest BCUT2D eigenvalue weighted by Crippen LogP contribution is 2.19. The summed E-state index contributed by atoms with van der Waals surface area (Å²) in [6.07, 6.45) is 2.14. The largest absolute Gasteiger partial charge is 0.336 e. The summed E-state index contributed by atoms with van der Waals surface area (Å²) in [4.78, 5) is 41.9. The Hall–Kier alpha value is -4.25. The maximum absolute atomic E-state index is 14.0. The smallest absolute Gasteiger partial charge is 0.254 e. The van der Waals surface area contributed by atoms with Crippen molar-refractivity contribution in [1.29, 1.82) is 0 Å². The summed E-state index contributed by atoms with van der Waals surface area (Å²) in [5.74, 6) is -0.807. The number of hydrogen-bond acceptors (Lipinski definition) is 3. The van der Waals surface area contributed by atoms with Crippen LogP contribution in [0.25, 0.3) is 0 Å². The Kier molecular flexibility index (Phi) is 7.45. The van der Waals surface area contributed by atoms with Gasteiger partial charge in [-0.1, -0.05) is 97.1 Å². The molecule has 1 aromatic heterocycles. The summed E-state index contributed by atoms with van der Waals surface area (Å²) in [5, 5.41) is 0. The zero-order valence-electron chi connectivity index (χ0n) is 18.8. The van der Waals surface area contributed by atoms with Crippen LogP contribution in [0.4, 0.5) is 0 Å². The predicted octanol–water partition coefficient (Wildman–Crippen LogP) is 4.54. The van der Waals surface area contributed by atoms with Crippen molar-refractivity contribution >= 4 is 11.7 Å². The second-order valence-electron chi connectivity index (χ2n) is 8.06. The fraction of sp³-hybridized carbons (Fsp3) is 0.138. The molecule has 1 heterocycles. The standard InChI is InChI=1S/C29H26N2O3/c32-26-18-10-11-20-31(26)27(28(33)25-16-8-3-9-17-25)29(34)30(22-24-14-6-2-7-15-24)21-19-23-12-4-1-5-13-23/h1-18,20,27H,19,21-22H2. The summed E-state index contributed by atoms with van der Waals surface area (Å²) >= 11 is 0. The van der Waals surface area contributed by atoms with E-state index in [1.165, 1.54) is 16.8 Å². The molecule has 4 aromatic rings. The van der Waals surface area contributed by atoms with Crippen molar-refractivity contribution in [1.82, 2.24) is 9.47 Å². The molecule has 0 saturated carbocycles. The molecule has 0 aliphatic rings. The van der Waals surface area contributed by atoms with Gasteiger partial charge in [-0.25, -0.2) is 0 Å². The first-order valence-corrected chi connectivity index (χ1v) is 11.3. The Labute approximate surface area is 198 Å². The van der Waals surface area contributed by atoms with E-state index >= 15 is 0 Å². The van der Waals surface area contributed by atoms with Crippen LogP contribution < -0.4 is 5.56 Å². The minimum atomic E-state index is -1.28. The van der Waals surface area contributed by atoms with Crippen LogP contribution >= 0.6 is 0 Å². The van der Waals surface area contributed by atoms with Gasteiger partial charge in [-0.15, -0.1) is 0 Å². The van der Waals surface area contributed by atoms with Gasteiger partial charge in [-0.3, -0.25) is 19.0 Å². The molecule has 0 fully saturated rings. The van der Waals surface area contributed by atoms with E-state index in [1.807, 2.05) is 66.7 Å². The molecule has 34 heavy (non-hydrogen) atoms. The first kappa shape index (κ1) is 22.9. The number of Topliss-reactive ketones (excluding diaryl/α,β-unsaturated/α-hetero) is 1. The van der Waals surface area contributed by atoms with E-state index in [2.05, 4.69) is 0 Å². The molecule has 0 aliphatic heterocycles. The quantitative estimate of drug-likeness (QED) is 0.278. The number of carbonyl (C=O) groups is 2. The number of rotatable bonds is 9. The number of amides is 1. The number of pyridine rings is 1. The lowest BCUT2D eigenvalue weighted by Crippen LogP contribution is -2.44. The molecule has 170 valence electrons. The van der Waals surface area contributed by atoms with Crippen LogP contribution in [0.15, 0.2) is 120 Å². The van der Waals surface area contributed by atoms with Crippen LogP contribution in [0.3, 0.4) is 0 Å². The molecule has 0 saturated heterocycles. The number of hydrogen-bond donors (Lipinski definition) is 0. The van der Waals surface area contributed by atoms with Gasteiger partial charge in [0, 0.05) is 30.9 Å². The van der Waals surface area contributed by atoms with Crippen LogP contribution in [0.5, 0.6) is 0 Å². The van der Waals surface area contributed by atoms with Crippen molar-refractivity contribution in [2.24, 2.45) is 0 Å². The van der Waals surface area contributed by atoms with Gasteiger partial charge in [0.05, 0.1) is 0 Å². The van der Waals surface area contributed by atoms with Gasteiger partial charge >= 0.3 is 0 Å². The van der Waals surface area contributed by atoms with Crippen molar-refractivity contribution < 1.29 is 9.59 Å². The van der Waals surface area contributed by atoms with Gasteiger partial charge in [0.1, 0.15) is 0 Å². The van der Waals surface area contributed by atoms with Crippen molar-refractivity contribution in [3.8, 4) is 0 Å². The van der Waals surface area contributed by atoms with E-state index in [4.69, 9.17) is 0 Å². The topological polar surface area (TPSA) is 59.4 Å². The molecule has 0 radical (unpaired) electrons. The number of benzene rings is 3. The van der Waals surface area contributed by atoms with E-state index in [1.54, 1.807) is 41.3 Å². The average Bonchev–Trinajstić information content (AvgIpc) is 2.89. The highest BCUT2D eigenvalue weighted by molar-refractivity contribution is 6.11. The second-order valence-corrected chi connectivity index (χ2v) is 8.06. The number of aromatic nitrogens is 1. The van der Waals surface area contributed by atoms with Crippen molar-refractivity contribution in [3.63, 3.8) is 0 Å². The lowest BCUT2D eigenvalue weighted by atomic mass is 10.0. The van der Waals surface area contributed by atoms with Crippen LogP contribution in [0.2, 0.25) is 0 Å². The number of nitrogens with zero attached hydrogens (tertiary/aromatic N) is 2. The summed E-state index contributed by atoms with van der Waals surface area (Å²) in [6, 6.07) is 31.6. The highest BCUT2D eigenvalue weighted by atomic mass is 16.2. The maximum atomic E-state index is 14.0. The normalized spacial score (nSPS) is 11.5. The predicted molar refractivity (Wildman–Crippen MR) is 133 cm³/mol. The first-order valence-electron chi connectivity index (χ1n) is 11.3. The van der Waals surface area contributed by atoms with Gasteiger partial charge in [0.25, 0.3) is 11.5 Å². The minimum Gasteiger partial charge on any atom is -0.336 e. The molecular formula is C29H26N2O3. The van der Waals surface area contributed by atoms with E-state index in [0.29, 0.717) is 25.1 Å². The number of ketones is 1. The maximum Gasteiger partial charge on any atom is 0.254 e. The van der Waals surface area contributed by atoms with Crippen molar-refractivity contribution in [3.05, 3.63) is 142 Å². The monoisotopic (exact) mass is 450 g/mol. The molecule has 5 heteroatoms. The summed E-state index contributed by atoms with van der Waals surface area (Å²) in [6.45, 7) is 0.755. The zero-order valence-corrected chi connectivity index (χ0v) is 18.8.